The minimum absolute atomic E-state index is 0.158. The van der Waals surface area contributed by atoms with Crippen LogP contribution in [0.5, 0.6) is 11.5 Å². The minimum Gasteiger partial charge on any atom is -0.486 e. The number of carbonyl (C=O) groups excluding carboxylic acids is 1. The van der Waals surface area contributed by atoms with Crippen molar-refractivity contribution in [3.05, 3.63) is 78.4 Å². The molecule has 0 aliphatic carbocycles. The molecule has 4 nitrogen and oxygen atoms in total. The lowest BCUT2D eigenvalue weighted by Crippen LogP contribution is -2.16. The van der Waals surface area contributed by atoms with Crippen molar-refractivity contribution in [2.75, 3.05) is 18.5 Å². The number of benzene rings is 3. The van der Waals surface area contributed by atoms with Gasteiger partial charge in [0.05, 0.1) is 0 Å². The Morgan fingerprint density at radius 3 is 2.36 bits per heavy atom. The van der Waals surface area contributed by atoms with Gasteiger partial charge >= 0.3 is 0 Å². The van der Waals surface area contributed by atoms with Crippen molar-refractivity contribution in [1.29, 1.82) is 0 Å². The lowest BCUT2D eigenvalue weighted by Gasteiger charge is -2.19. The van der Waals surface area contributed by atoms with Gasteiger partial charge in [-0.05, 0) is 35.4 Å². The molecule has 0 aromatic heterocycles. The van der Waals surface area contributed by atoms with E-state index in [1.54, 1.807) is 12.1 Å². The smallest absolute Gasteiger partial charge is 0.255 e. The SMILES string of the molecule is O=C(Nc1ccc2c(c1)OCCO2)c1cccc(-c2ccccc2)c1. The number of hydrogen-bond donors (Lipinski definition) is 1. The number of ether oxygens (including phenoxy) is 2. The maximum atomic E-state index is 12.6. The molecule has 124 valence electrons. The second-order valence-electron chi connectivity index (χ2n) is 5.76. The van der Waals surface area contributed by atoms with Crippen LogP contribution in [0.25, 0.3) is 11.1 Å². The molecule has 0 atom stereocenters. The maximum Gasteiger partial charge on any atom is 0.255 e. The summed E-state index contributed by atoms with van der Waals surface area (Å²) in [5.41, 5.74) is 3.38. The van der Waals surface area contributed by atoms with Gasteiger partial charge in [-0.2, -0.15) is 0 Å². The molecule has 3 aromatic rings. The van der Waals surface area contributed by atoms with E-state index in [1.807, 2.05) is 60.7 Å². The first kappa shape index (κ1) is 15.3. The molecule has 0 unspecified atom stereocenters. The zero-order valence-electron chi connectivity index (χ0n) is 13.6. The molecule has 1 amide bonds. The summed E-state index contributed by atoms with van der Waals surface area (Å²) in [6.07, 6.45) is 0. The minimum atomic E-state index is -0.158. The van der Waals surface area contributed by atoms with E-state index in [-0.39, 0.29) is 5.91 Å². The maximum absolute atomic E-state index is 12.6. The van der Waals surface area contributed by atoms with Gasteiger partial charge in [-0.3, -0.25) is 4.79 Å². The van der Waals surface area contributed by atoms with Crippen molar-refractivity contribution in [1.82, 2.24) is 0 Å². The number of carbonyl (C=O) groups is 1. The number of fused-ring (bicyclic) bond motifs is 1. The van der Waals surface area contributed by atoms with Crippen LogP contribution in [-0.2, 0) is 0 Å². The fourth-order valence-electron chi connectivity index (χ4n) is 2.79. The Bertz CT molecular complexity index is 906. The molecular weight excluding hydrogens is 314 g/mol. The average Bonchev–Trinajstić information content (AvgIpc) is 2.69. The van der Waals surface area contributed by atoms with E-state index in [1.165, 1.54) is 0 Å². The van der Waals surface area contributed by atoms with Crippen molar-refractivity contribution >= 4 is 11.6 Å². The predicted octanol–water partition coefficient (Wildman–Crippen LogP) is 4.38. The summed E-state index contributed by atoms with van der Waals surface area (Å²) in [4.78, 5) is 12.6. The van der Waals surface area contributed by atoms with E-state index in [0.29, 0.717) is 36.0 Å². The zero-order valence-corrected chi connectivity index (χ0v) is 13.6. The monoisotopic (exact) mass is 331 g/mol. The summed E-state index contributed by atoms with van der Waals surface area (Å²) in [7, 11) is 0. The average molecular weight is 331 g/mol. The third kappa shape index (κ3) is 3.33. The van der Waals surface area contributed by atoms with Crippen LogP contribution in [0.2, 0.25) is 0 Å². The highest BCUT2D eigenvalue weighted by Crippen LogP contribution is 2.32. The molecule has 3 aromatic carbocycles. The van der Waals surface area contributed by atoms with E-state index < -0.39 is 0 Å². The summed E-state index contributed by atoms with van der Waals surface area (Å²) in [5, 5.41) is 2.91. The van der Waals surface area contributed by atoms with E-state index in [4.69, 9.17) is 9.47 Å². The number of anilines is 1. The first-order valence-corrected chi connectivity index (χ1v) is 8.16. The number of rotatable bonds is 3. The van der Waals surface area contributed by atoms with Crippen LogP contribution in [0.15, 0.2) is 72.8 Å². The van der Waals surface area contributed by atoms with E-state index in [2.05, 4.69) is 5.32 Å². The van der Waals surface area contributed by atoms with Crippen molar-refractivity contribution in [3.63, 3.8) is 0 Å². The molecule has 1 N–H and O–H groups in total. The summed E-state index contributed by atoms with van der Waals surface area (Å²) < 4.78 is 11.0. The standard InChI is InChI=1S/C21H17NO3/c23-21(22-18-9-10-19-20(14-18)25-12-11-24-19)17-8-4-7-16(13-17)15-5-2-1-3-6-15/h1-10,13-14H,11-12H2,(H,22,23). The van der Waals surface area contributed by atoms with Crippen LogP contribution in [0, 0.1) is 0 Å². The van der Waals surface area contributed by atoms with Gasteiger partial charge in [0.1, 0.15) is 13.2 Å². The van der Waals surface area contributed by atoms with Crippen molar-refractivity contribution in [3.8, 4) is 22.6 Å². The van der Waals surface area contributed by atoms with Gasteiger partial charge in [0.2, 0.25) is 0 Å². The lowest BCUT2D eigenvalue weighted by molar-refractivity contribution is 0.102. The van der Waals surface area contributed by atoms with Gasteiger partial charge in [0.15, 0.2) is 11.5 Å². The summed E-state index contributed by atoms with van der Waals surface area (Å²) >= 11 is 0. The van der Waals surface area contributed by atoms with Crippen LogP contribution < -0.4 is 14.8 Å². The summed E-state index contributed by atoms with van der Waals surface area (Å²) in [6.45, 7) is 1.06. The predicted molar refractivity (Wildman–Crippen MR) is 97.3 cm³/mol. The normalized spacial score (nSPS) is 12.5. The van der Waals surface area contributed by atoms with Gasteiger partial charge < -0.3 is 14.8 Å². The topological polar surface area (TPSA) is 47.6 Å². The molecule has 1 aliphatic rings. The van der Waals surface area contributed by atoms with Crippen LogP contribution in [0.4, 0.5) is 5.69 Å². The third-order valence-electron chi connectivity index (χ3n) is 4.03. The molecule has 0 saturated carbocycles. The highest BCUT2D eigenvalue weighted by Gasteiger charge is 2.13. The lowest BCUT2D eigenvalue weighted by atomic mass is 10.0. The van der Waals surface area contributed by atoms with Crippen LogP contribution >= 0.6 is 0 Å². The van der Waals surface area contributed by atoms with Crippen LogP contribution in [0.3, 0.4) is 0 Å². The Morgan fingerprint density at radius 1 is 0.760 bits per heavy atom. The molecule has 0 fully saturated rings. The Labute approximate surface area is 146 Å². The molecule has 1 heterocycles. The van der Waals surface area contributed by atoms with Crippen LogP contribution in [-0.4, -0.2) is 19.1 Å². The van der Waals surface area contributed by atoms with Crippen molar-refractivity contribution < 1.29 is 14.3 Å². The molecule has 25 heavy (non-hydrogen) atoms. The molecule has 4 rings (SSSR count). The van der Waals surface area contributed by atoms with Gasteiger partial charge in [-0.25, -0.2) is 0 Å². The summed E-state index contributed by atoms with van der Waals surface area (Å²) in [5.74, 6) is 1.20. The molecule has 0 bridgehead atoms. The quantitative estimate of drug-likeness (QED) is 0.775. The fraction of sp³-hybridized carbons (Fsp3) is 0.0952. The zero-order chi connectivity index (χ0) is 17.1. The second kappa shape index (κ2) is 6.69. The number of amides is 1. The Hall–Kier alpha value is -3.27. The largest absolute Gasteiger partial charge is 0.486 e. The molecule has 0 spiro atoms. The van der Waals surface area contributed by atoms with Crippen molar-refractivity contribution in [2.24, 2.45) is 0 Å². The molecule has 4 heteroatoms. The van der Waals surface area contributed by atoms with Crippen LogP contribution in [0.1, 0.15) is 10.4 Å². The first-order valence-electron chi connectivity index (χ1n) is 8.16. The number of nitrogens with one attached hydrogen (secondary N) is 1. The van der Waals surface area contributed by atoms with E-state index >= 15 is 0 Å². The second-order valence-corrected chi connectivity index (χ2v) is 5.76. The van der Waals surface area contributed by atoms with Gasteiger partial charge in [0, 0.05) is 17.3 Å². The first-order chi connectivity index (χ1) is 12.3. The highest BCUT2D eigenvalue weighted by atomic mass is 16.6. The van der Waals surface area contributed by atoms with E-state index in [9.17, 15) is 4.79 Å². The number of hydrogen-bond acceptors (Lipinski definition) is 3. The van der Waals surface area contributed by atoms with E-state index in [0.717, 1.165) is 11.1 Å². The molecule has 0 radical (unpaired) electrons. The van der Waals surface area contributed by atoms with Gasteiger partial charge in [-0.15, -0.1) is 0 Å². The Balaban J connectivity index is 1.55. The Kier molecular flexibility index (Phi) is 4.09. The van der Waals surface area contributed by atoms with Gasteiger partial charge in [-0.1, -0.05) is 42.5 Å². The fourth-order valence-corrected chi connectivity index (χ4v) is 2.79. The molecular formula is C21H17NO3. The summed E-state index contributed by atoms with van der Waals surface area (Å²) in [6, 6.07) is 23.0. The Morgan fingerprint density at radius 2 is 1.52 bits per heavy atom. The molecule has 0 saturated heterocycles. The molecule has 1 aliphatic heterocycles. The highest BCUT2D eigenvalue weighted by molar-refractivity contribution is 6.05. The van der Waals surface area contributed by atoms with Crippen molar-refractivity contribution in [2.45, 2.75) is 0 Å². The third-order valence-corrected chi connectivity index (χ3v) is 4.03. The van der Waals surface area contributed by atoms with Gasteiger partial charge in [0.25, 0.3) is 5.91 Å².